The van der Waals surface area contributed by atoms with Gasteiger partial charge in [-0.05, 0) is 48.9 Å². The smallest absolute Gasteiger partial charge is 0.141 e. The Labute approximate surface area is 140 Å². The molecule has 0 saturated heterocycles. The number of hydrogen-bond acceptors (Lipinski definition) is 1. The number of benzene rings is 3. The first kappa shape index (κ1) is 14.6. The third kappa shape index (κ3) is 2.69. The van der Waals surface area contributed by atoms with Crippen LogP contribution in [-0.2, 0) is 6.54 Å². The van der Waals surface area contributed by atoms with Crippen molar-refractivity contribution in [2.24, 2.45) is 0 Å². The first-order valence-corrected chi connectivity index (χ1v) is 7.97. The van der Waals surface area contributed by atoms with Gasteiger partial charge in [-0.2, -0.15) is 0 Å². The summed E-state index contributed by atoms with van der Waals surface area (Å²) in [4.78, 5) is 4.77. The zero-order valence-electron chi connectivity index (χ0n) is 13.4. The average Bonchev–Trinajstić information content (AvgIpc) is 2.94. The summed E-state index contributed by atoms with van der Waals surface area (Å²) in [6.07, 6.45) is 0. The molecule has 0 bridgehead atoms. The van der Waals surface area contributed by atoms with E-state index in [0.29, 0.717) is 0 Å². The average molecular weight is 316 g/mol. The number of rotatable bonds is 3. The van der Waals surface area contributed by atoms with E-state index in [1.165, 1.54) is 23.3 Å². The fourth-order valence-electron chi connectivity index (χ4n) is 3.05. The third-order valence-corrected chi connectivity index (χ3v) is 4.18. The first-order valence-electron chi connectivity index (χ1n) is 7.97. The lowest BCUT2D eigenvalue weighted by Gasteiger charge is -2.10. The number of fused-ring (bicyclic) bond motifs is 1. The van der Waals surface area contributed by atoms with Crippen LogP contribution in [0.15, 0.2) is 72.8 Å². The molecule has 0 amide bonds. The number of aromatic nitrogens is 2. The number of aryl methyl sites for hydroxylation is 1. The van der Waals surface area contributed by atoms with Gasteiger partial charge in [-0.3, -0.25) is 0 Å². The molecule has 0 aliphatic rings. The van der Waals surface area contributed by atoms with Gasteiger partial charge in [0, 0.05) is 12.1 Å². The van der Waals surface area contributed by atoms with Crippen LogP contribution in [0.2, 0.25) is 0 Å². The molecule has 0 aliphatic heterocycles. The zero-order valence-corrected chi connectivity index (χ0v) is 13.4. The molecular formula is C21H17FN2. The van der Waals surface area contributed by atoms with Crippen molar-refractivity contribution in [2.75, 3.05) is 0 Å². The maximum Gasteiger partial charge on any atom is 0.141 e. The van der Waals surface area contributed by atoms with Gasteiger partial charge in [-0.25, -0.2) is 9.37 Å². The Bertz CT molecular complexity index is 1000. The minimum Gasteiger partial charge on any atom is -0.319 e. The molecule has 0 fully saturated rings. The van der Waals surface area contributed by atoms with Gasteiger partial charge in [0.1, 0.15) is 11.6 Å². The van der Waals surface area contributed by atoms with Gasteiger partial charge in [-0.1, -0.05) is 42.0 Å². The van der Waals surface area contributed by atoms with Crippen LogP contribution < -0.4 is 0 Å². The van der Waals surface area contributed by atoms with E-state index in [1.807, 2.05) is 18.2 Å². The van der Waals surface area contributed by atoms with E-state index in [4.69, 9.17) is 4.98 Å². The second-order valence-corrected chi connectivity index (χ2v) is 6.01. The van der Waals surface area contributed by atoms with Crippen molar-refractivity contribution in [1.29, 1.82) is 0 Å². The monoisotopic (exact) mass is 316 g/mol. The molecule has 1 heterocycles. The molecular weight excluding hydrogens is 299 g/mol. The number of halogens is 1. The van der Waals surface area contributed by atoms with Crippen molar-refractivity contribution in [1.82, 2.24) is 9.55 Å². The Hall–Kier alpha value is -2.94. The number of nitrogens with zero attached hydrogens (tertiary/aromatic N) is 2. The second-order valence-electron chi connectivity index (χ2n) is 6.01. The van der Waals surface area contributed by atoms with Gasteiger partial charge in [0.25, 0.3) is 0 Å². The summed E-state index contributed by atoms with van der Waals surface area (Å²) in [5.74, 6) is 0.623. The normalized spacial score (nSPS) is 11.1. The number of para-hydroxylation sites is 2. The summed E-state index contributed by atoms with van der Waals surface area (Å²) in [5, 5.41) is 0. The second kappa shape index (κ2) is 5.93. The highest BCUT2D eigenvalue weighted by Gasteiger charge is 2.13. The van der Waals surface area contributed by atoms with Gasteiger partial charge in [0.2, 0.25) is 0 Å². The van der Waals surface area contributed by atoms with Gasteiger partial charge in [0.05, 0.1) is 11.0 Å². The van der Waals surface area contributed by atoms with Crippen LogP contribution in [0.3, 0.4) is 0 Å². The topological polar surface area (TPSA) is 17.8 Å². The van der Waals surface area contributed by atoms with Crippen LogP contribution in [0.25, 0.3) is 22.4 Å². The van der Waals surface area contributed by atoms with E-state index in [0.717, 1.165) is 29.0 Å². The summed E-state index contributed by atoms with van der Waals surface area (Å²) >= 11 is 0. The Morgan fingerprint density at radius 3 is 2.50 bits per heavy atom. The minimum atomic E-state index is -0.236. The van der Waals surface area contributed by atoms with E-state index >= 15 is 0 Å². The predicted octanol–water partition coefficient (Wildman–Crippen LogP) is 5.20. The molecule has 118 valence electrons. The molecule has 0 atom stereocenters. The molecule has 0 aliphatic carbocycles. The molecule has 4 aromatic rings. The van der Waals surface area contributed by atoms with Gasteiger partial charge in [0.15, 0.2) is 0 Å². The fourth-order valence-corrected chi connectivity index (χ4v) is 3.05. The zero-order chi connectivity index (χ0) is 16.5. The molecule has 0 unspecified atom stereocenters. The van der Waals surface area contributed by atoms with E-state index in [1.54, 1.807) is 12.1 Å². The van der Waals surface area contributed by atoms with Crippen molar-refractivity contribution in [3.05, 3.63) is 89.7 Å². The highest BCUT2D eigenvalue weighted by molar-refractivity contribution is 5.80. The van der Waals surface area contributed by atoms with E-state index in [2.05, 4.69) is 41.8 Å². The highest BCUT2D eigenvalue weighted by Crippen LogP contribution is 2.26. The van der Waals surface area contributed by atoms with Crippen molar-refractivity contribution in [2.45, 2.75) is 13.5 Å². The molecule has 0 spiro atoms. The van der Waals surface area contributed by atoms with Gasteiger partial charge < -0.3 is 4.57 Å². The minimum absolute atomic E-state index is 0.236. The molecule has 4 rings (SSSR count). The fraction of sp³-hybridized carbons (Fsp3) is 0.0952. The summed E-state index contributed by atoms with van der Waals surface area (Å²) in [7, 11) is 0. The lowest BCUT2D eigenvalue weighted by molar-refractivity contribution is 0.628. The van der Waals surface area contributed by atoms with Crippen LogP contribution in [-0.4, -0.2) is 9.55 Å². The van der Waals surface area contributed by atoms with Crippen LogP contribution in [0.4, 0.5) is 4.39 Å². The van der Waals surface area contributed by atoms with Crippen LogP contribution >= 0.6 is 0 Å². The Morgan fingerprint density at radius 1 is 0.917 bits per heavy atom. The van der Waals surface area contributed by atoms with Crippen molar-refractivity contribution in [3.8, 4) is 11.4 Å². The van der Waals surface area contributed by atoms with Gasteiger partial charge in [-0.15, -0.1) is 0 Å². The molecule has 0 saturated carbocycles. The van der Waals surface area contributed by atoms with Crippen LogP contribution in [0.5, 0.6) is 0 Å². The largest absolute Gasteiger partial charge is 0.319 e. The summed E-state index contributed by atoms with van der Waals surface area (Å²) in [6.45, 7) is 2.82. The summed E-state index contributed by atoms with van der Waals surface area (Å²) < 4.78 is 15.5. The molecule has 3 heteroatoms. The third-order valence-electron chi connectivity index (χ3n) is 4.18. The Balaban J connectivity index is 1.88. The SMILES string of the molecule is Cc1cccc(Cn2c(-c3ccc(F)cc3)nc3ccccc32)c1. The first-order chi connectivity index (χ1) is 11.7. The lowest BCUT2D eigenvalue weighted by Crippen LogP contribution is -2.02. The Morgan fingerprint density at radius 2 is 1.71 bits per heavy atom. The van der Waals surface area contributed by atoms with Crippen molar-refractivity contribution < 1.29 is 4.39 Å². The molecule has 3 aromatic carbocycles. The molecule has 2 nitrogen and oxygen atoms in total. The summed E-state index contributed by atoms with van der Waals surface area (Å²) in [5.41, 5.74) is 5.41. The summed E-state index contributed by atoms with van der Waals surface area (Å²) in [6, 6.07) is 23.1. The lowest BCUT2D eigenvalue weighted by atomic mass is 10.1. The Kier molecular flexibility index (Phi) is 3.62. The predicted molar refractivity (Wildman–Crippen MR) is 95.4 cm³/mol. The van der Waals surface area contributed by atoms with E-state index in [-0.39, 0.29) is 5.82 Å². The van der Waals surface area contributed by atoms with Crippen LogP contribution in [0, 0.1) is 12.7 Å². The number of imidazole rings is 1. The van der Waals surface area contributed by atoms with Crippen molar-refractivity contribution >= 4 is 11.0 Å². The highest BCUT2D eigenvalue weighted by atomic mass is 19.1. The van der Waals surface area contributed by atoms with E-state index in [9.17, 15) is 4.39 Å². The molecule has 0 radical (unpaired) electrons. The maximum absolute atomic E-state index is 13.3. The molecule has 1 aromatic heterocycles. The molecule has 0 N–H and O–H groups in total. The quantitative estimate of drug-likeness (QED) is 0.508. The molecule has 24 heavy (non-hydrogen) atoms. The van der Waals surface area contributed by atoms with Crippen LogP contribution in [0.1, 0.15) is 11.1 Å². The van der Waals surface area contributed by atoms with E-state index < -0.39 is 0 Å². The maximum atomic E-state index is 13.3. The van der Waals surface area contributed by atoms with Crippen molar-refractivity contribution in [3.63, 3.8) is 0 Å². The number of hydrogen-bond donors (Lipinski definition) is 0. The standard InChI is InChI=1S/C21H17FN2/c1-15-5-4-6-16(13-15)14-24-20-8-3-2-7-19(20)23-21(24)17-9-11-18(22)12-10-17/h2-13H,14H2,1H3. The van der Waals surface area contributed by atoms with Gasteiger partial charge >= 0.3 is 0 Å².